The largest absolute Gasteiger partial charge is 0.507 e. The molecular formula is C30H34O17. The first-order valence-corrected chi connectivity index (χ1v) is 14.3. The zero-order chi connectivity index (χ0) is 34.2. The first-order valence-electron chi connectivity index (χ1n) is 14.3. The molecular weight excluding hydrogens is 632 g/mol. The van der Waals surface area contributed by atoms with Gasteiger partial charge >= 0.3 is 5.97 Å². The lowest BCUT2D eigenvalue weighted by Crippen LogP contribution is -2.65. The molecule has 0 unspecified atom stereocenters. The van der Waals surface area contributed by atoms with Crippen LogP contribution < -0.4 is 14.9 Å². The fraction of sp³-hybridized carbons (Fsp3) is 0.467. The number of esters is 1. The van der Waals surface area contributed by atoms with Gasteiger partial charge in [-0.1, -0.05) is 0 Å². The molecule has 2 saturated heterocycles. The Morgan fingerprint density at radius 1 is 0.851 bits per heavy atom. The third-order valence-electron chi connectivity index (χ3n) is 7.73. The van der Waals surface area contributed by atoms with Crippen molar-refractivity contribution in [1.29, 1.82) is 0 Å². The molecule has 0 aliphatic carbocycles. The van der Waals surface area contributed by atoms with Crippen LogP contribution >= 0.6 is 0 Å². The molecule has 2 aliphatic rings. The van der Waals surface area contributed by atoms with Gasteiger partial charge in [0.25, 0.3) is 0 Å². The molecule has 17 heteroatoms. The van der Waals surface area contributed by atoms with Crippen LogP contribution in [0, 0.1) is 0 Å². The van der Waals surface area contributed by atoms with Gasteiger partial charge in [0, 0.05) is 30.7 Å². The molecule has 5 rings (SSSR count). The number of phenols is 2. The molecule has 17 nitrogen and oxygen atoms in total. The average molecular weight is 667 g/mol. The van der Waals surface area contributed by atoms with E-state index in [1.54, 1.807) is 0 Å². The van der Waals surface area contributed by atoms with E-state index >= 15 is 0 Å². The minimum atomic E-state index is -1.89. The Morgan fingerprint density at radius 2 is 1.57 bits per heavy atom. The second kappa shape index (κ2) is 14.0. The fourth-order valence-electron chi connectivity index (χ4n) is 5.26. The molecule has 3 aromatic rings. The first-order chi connectivity index (χ1) is 22.3. The Hall–Kier alpha value is -4.04. The maximum atomic E-state index is 12.9. The molecule has 0 radical (unpaired) electrons. The quantitative estimate of drug-likeness (QED) is 0.120. The molecule has 2 fully saturated rings. The second-order valence-electron chi connectivity index (χ2n) is 10.9. The summed E-state index contributed by atoms with van der Waals surface area (Å²) in [5.41, 5.74) is -0.490. The molecule has 3 heterocycles. The standard InChI is InChI=1S/C30H34O17/c1-11(32)42-10-21-24(37)28(47-29-26(39)25(38)23(36)20(9-31)45-29)27(40)30(46-21)43-13-6-15(34)22-16(35)8-18(44-19(22)7-13)12-3-4-17(41-2)14(33)5-12/h3-8,20-21,23-31,33-34,36-40H,9-10H2,1-2H3/t20-,21-,23-,24-,25+,26-,27-,28+,29+,30-/m1/s1. The van der Waals surface area contributed by atoms with Gasteiger partial charge in [-0.05, 0) is 18.2 Å². The van der Waals surface area contributed by atoms with Crippen LogP contribution in [0.1, 0.15) is 6.92 Å². The summed E-state index contributed by atoms with van der Waals surface area (Å²) >= 11 is 0. The van der Waals surface area contributed by atoms with Crippen molar-refractivity contribution in [2.24, 2.45) is 0 Å². The molecule has 1 aromatic heterocycles. The van der Waals surface area contributed by atoms with Gasteiger partial charge in [-0.15, -0.1) is 0 Å². The van der Waals surface area contributed by atoms with Crippen LogP contribution in [0.4, 0.5) is 0 Å². The summed E-state index contributed by atoms with van der Waals surface area (Å²) in [6.07, 6.45) is -17.0. The SMILES string of the molecule is COc1ccc(-c2cc(=O)c3c(O)cc(O[C@@H]4O[C@H](COC(C)=O)[C@@H](O)[C@H](O[C@@H]5O[C@H](CO)[C@@H](O)[C@H](O)[C@H]5O)[C@H]4O)cc3o2)cc1O. The maximum Gasteiger partial charge on any atom is 0.302 e. The molecule has 0 spiro atoms. The fourth-order valence-corrected chi connectivity index (χ4v) is 5.26. The summed E-state index contributed by atoms with van der Waals surface area (Å²) in [7, 11) is 1.37. The van der Waals surface area contributed by atoms with Crippen LogP contribution in [0.3, 0.4) is 0 Å². The Bertz CT molecular complexity index is 1640. The highest BCUT2D eigenvalue weighted by atomic mass is 16.7. The van der Waals surface area contributed by atoms with Gasteiger partial charge in [0.15, 0.2) is 23.2 Å². The summed E-state index contributed by atoms with van der Waals surface area (Å²) in [6, 6.07) is 7.64. The predicted octanol–water partition coefficient (Wildman–Crippen LogP) is -1.55. The highest BCUT2D eigenvalue weighted by Gasteiger charge is 2.51. The Morgan fingerprint density at radius 3 is 2.23 bits per heavy atom. The van der Waals surface area contributed by atoms with Crippen molar-refractivity contribution in [3.8, 4) is 34.3 Å². The summed E-state index contributed by atoms with van der Waals surface area (Å²) < 4.78 is 38.3. The lowest BCUT2D eigenvalue weighted by atomic mass is 9.97. The van der Waals surface area contributed by atoms with Crippen molar-refractivity contribution in [1.82, 2.24) is 0 Å². The number of methoxy groups -OCH3 is 1. The molecule has 8 N–H and O–H groups in total. The van der Waals surface area contributed by atoms with Gasteiger partial charge in [-0.25, -0.2) is 0 Å². The molecule has 0 amide bonds. The number of carbonyl (C=O) groups excluding carboxylic acids is 1. The van der Waals surface area contributed by atoms with Crippen LogP contribution in [0.2, 0.25) is 0 Å². The highest BCUT2D eigenvalue weighted by molar-refractivity contribution is 5.86. The summed E-state index contributed by atoms with van der Waals surface area (Å²) in [5.74, 6) is -1.52. The van der Waals surface area contributed by atoms with Crippen molar-refractivity contribution < 1.29 is 78.5 Å². The number of rotatable bonds is 9. The molecule has 0 saturated carbocycles. The maximum absolute atomic E-state index is 12.9. The van der Waals surface area contributed by atoms with E-state index in [0.29, 0.717) is 5.56 Å². The van der Waals surface area contributed by atoms with Crippen LogP contribution in [0.15, 0.2) is 45.6 Å². The number of phenolic OH excluding ortho intramolecular Hbond substituents is 2. The van der Waals surface area contributed by atoms with Crippen LogP contribution in [0.25, 0.3) is 22.3 Å². The number of ether oxygens (including phenoxy) is 6. The monoisotopic (exact) mass is 666 g/mol. The van der Waals surface area contributed by atoms with E-state index in [9.17, 15) is 50.4 Å². The van der Waals surface area contributed by atoms with Gasteiger partial charge in [-0.2, -0.15) is 0 Å². The van der Waals surface area contributed by atoms with Gasteiger partial charge < -0.3 is 73.7 Å². The van der Waals surface area contributed by atoms with E-state index in [0.717, 1.165) is 19.1 Å². The molecule has 2 aliphatic heterocycles. The number of aliphatic hydroxyl groups is 6. The van der Waals surface area contributed by atoms with E-state index in [-0.39, 0.29) is 34.0 Å². The molecule has 0 bridgehead atoms. The van der Waals surface area contributed by atoms with Gasteiger partial charge in [0.1, 0.15) is 83.7 Å². The number of fused-ring (bicyclic) bond motifs is 1. The number of aliphatic hydroxyl groups excluding tert-OH is 6. The Kier molecular flexibility index (Phi) is 10.2. The number of hydrogen-bond acceptors (Lipinski definition) is 17. The van der Waals surface area contributed by atoms with E-state index in [2.05, 4.69) is 0 Å². The van der Waals surface area contributed by atoms with Crippen LogP contribution in [-0.2, 0) is 23.7 Å². The molecule has 2 aromatic carbocycles. The van der Waals surface area contributed by atoms with Crippen molar-refractivity contribution in [2.45, 2.75) is 68.3 Å². The smallest absolute Gasteiger partial charge is 0.302 e. The summed E-state index contributed by atoms with van der Waals surface area (Å²) in [5, 5.41) is 83.0. The Balaban J connectivity index is 1.45. The predicted molar refractivity (Wildman–Crippen MR) is 154 cm³/mol. The van der Waals surface area contributed by atoms with E-state index in [1.807, 2.05) is 0 Å². The van der Waals surface area contributed by atoms with Crippen molar-refractivity contribution in [2.75, 3.05) is 20.3 Å². The number of benzene rings is 2. The zero-order valence-corrected chi connectivity index (χ0v) is 24.9. The first kappa shape index (κ1) is 34.3. The van der Waals surface area contributed by atoms with E-state index in [1.165, 1.54) is 31.4 Å². The lowest BCUT2D eigenvalue weighted by molar-refractivity contribution is -0.353. The van der Waals surface area contributed by atoms with Gasteiger partial charge in [0.05, 0.1) is 13.7 Å². The second-order valence-corrected chi connectivity index (χ2v) is 10.9. The Labute approximate surface area is 265 Å². The normalized spacial score (nSPS) is 31.0. The van der Waals surface area contributed by atoms with E-state index < -0.39 is 91.8 Å². The zero-order valence-electron chi connectivity index (χ0n) is 24.9. The third-order valence-corrected chi connectivity index (χ3v) is 7.73. The van der Waals surface area contributed by atoms with Crippen molar-refractivity contribution in [3.05, 3.63) is 46.6 Å². The van der Waals surface area contributed by atoms with Crippen LogP contribution in [-0.4, -0.2) is 129 Å². The minimum absolute atomic E-state index is 0.0171. The molecule has 47 heavy (non-hydrogen) atoms. The number of aromatic hydroxyl groups is 2. The van der Waals surface area contributed by atoms with E-state index in [4.69, 9.17) is 32.8 Å². The summed E-state index contributed by atoms with van der Waals surface area (Å²) in [4.78, 5) is 24.4. The third kappa shape index (κ3) is 6.98. The van der Waals surface area contributed by atoms with Gasteiger partial charge in [0.2, 0.25) is 6.29 Å². The topological polar surface area (TPSA) is 264 Å². The average Bonchev–Trinajstić information content (AvgIpc) is 3.03. The number of carbonyl (C=O) groups is 1. The van der Waals surface area contributed by atoms with Crippen LogP contribution in [0.5, 0.6) is 23.0 Å². The van der Waals surface area contributed by atoms with Crippen molar-refractivity contribution >= 4 is 16.9 Å². The van der Waals surface area contributed by atoms with Crippen molar-refractivity contribution in [3.63, 3.8) is 0 Å². The summed E-state index contributed by atoms with van der Waals surface area (Å²) in [6.45, 7) is -0.214. The molecule has 256 valence electrons. The number of hydrogen-bond donors (Lipinski definition) is 8. The minimum Gasteiger partial charge on any atom is -0.507 e. The highest BCUT2D eigenvalue weighted by Crippen LogP contribution is 2.36. The van der Waals surface area contributed by atoms with Gasteiger partial charge in [-0.3, -0.25) is 9.59 Å². The lowest BCUT2D eigenvalue weighted by Gasteiger charge is -2.45. The molecule has 10 atom stereocenters.